The molecule has 1 aromatic carbocycles. The van der Waals surface area contributed by atoms with Crippen molar-refractivity contribution in [2.24, 2.45) is 10.9 Å². The monoisotopic (exact) mass is 507 g/mol. The third-order valence-corrected chi connectivity index (χ3v) is 5.89. The van der Waals surface area contributed by atoms with Crippen molar-refractivity contribution >= 4 is 48.4 Å². The minimum Gasteiger partial charge on any atom is -0.395 e. The van der Waals surface area contributed by atoms with Crippen molar-refractivity contribution in [3.8, 4) is 0 Å². The molecule has 0 unspecified atom stereocenters. The van der Waals surface area contributed by atoms with Crippen molar-refractivity contribution in [3.05, 3.63) is 29.8 Å². The smallest absolute Gasteiger partial charge is 0.395 e. The first-order chi connectivity index (χ1) is 16.8. The number of urea groups is 1. The van der Waals surface area contributed by atoms with Crippen LogP contribution in [0, 0.1) is 0 Å². The molecule has 0 saturated carbocycles. The second kappa shape index (κ2) is 12.3. The van der Waals surface area contributed by atoms with Crippen LogP contribution in [-0.4, -0.2) is 92.0 Å². The van der Waals surface area contributed by atoms with Gasteiger partial charge in [-0.3, -0.25) is 14.4 Å². The van der Waals surface area contributed by atoms with Crippen molar-refractivity contribution in [2.75, 3.05) is 51.2 Å². The summed E-state index contributed by atoms with van der Waals surface area (Å²) in [6.45, 7) is 3.13. The van der Waals surface area contributed by atoms with Gasteiger partial charge in [-0.15, -0.1) is 0 Å². The van der Waals surface area contributed by atoms with E-state index in [4.69, 9.17) is 10.6 Å². The van der Waals surface area contributed by atoms with E-state index in [2.05, 4.69) is 37.8 Å². The zero-order chi connectivity index (χ0) is 25.4. The number of benzene rings is 1. The number of thiol groups is 1. The van der Waals surface area contributed by atoms with Gasteiger partial charge in [-0.1, -0.05) is 5.16 Å². The van der Waals surface area contributed by atoms with Crippen LogP contribution in [0.5, 0.6) is 0 Å². The average Bonchev–Trinajstić information content (AvgIpc) is 3.22. The van der Waals surface area contributed by atoms with Crippen molar-refractivity contribution in [2.45, 2.75) is 18.9 Å². The molecule has 2 aliphatic rings. The topological polar surface area (TPSA) is 159 Å². The fourth-order valence-corrected chi connectivity index (χ4v) is 3.69. The molecule has 4 N–H and O–H groups in total. The molecule has 35 heavy (non-hydrogen) atoms. The Labute approximate surface area is 208 Å². The number of nitrogens with zero attached hydrogens (tertiary/aromatic N) is 4. The maximum absolute atomic E-state index is 12.7. The normalized spacial score (nSPS) is 18.9. The molecule has 0 spiro atoms. The fraction of sp³-hybridized carbons (Fsp3) is 0.476. The Morgan fingerprint density at radius 2 is 1.83 bits per heavy atom. The summed E-state index contributed by atoms with van der Waals surface area (Å²) >= 11 is 3.38. The van der Waals surface area contributed by atoms with Crippen LogP contribution in [0.1, 0.15) is 18.4 Å². The summed E-state index contributed by atoms with van der Waals surface area (Å²) < 4.78 is 4.20. The van der Waals surface area contributed by atoms with E-state index in [9.17, 15) is 19.2 Å². The van der Waals surface area contributed by atoms with Gasteiger partial charge < -0.3 is 35.3 Å². The number of hydrogen-bond donors (Lipinski definition) is 4. The van der Waals surface area contributed by atoms with Crippen LogP contribution in [0.25, 0.3) is 0 Å². The van der Waals surface area contributed by atoms with Crippen LogP contribution < -0.4 is 21.3 Å². The molecule has 2 aliphatic heterocycles. The van der Waals surface area contributed by atoms with E-state index in [1.807, 2.05) is 7.05 Å². The van der Waals surface area contributed by atoms with Gasteiger partial charge in [-0.05, 0) is 37.7 Å². The number of rotatable bonds is 7. The van der Waals surface area contributed by atoms with Crippen LogP contribution in [0.4, 0.5) is 15.3 Å². The van der Waals surface area contributed by atoms with E-state index >= 15 is 0 Å². The number of carbonyl (C=O) groups is 4. The summed E-state index contributed by atoms with van der Waals surface area (Å²) in [7, 11) is 1.99. The predicted molar refractivity (Wildman–Crippen MR) is 130 cm³/mol. The molecule has 2 fully saturated rings. The molecule has 14 heteroatoms. The van der Waals surface area contributed by atoms with Crippen molar-refractivity contribution in [1.29, 1.82) is 0 Å². The number of carbonyl (C=O) groups excluding carboxylic acids is 4. The number of anilines is 1. The molecule has 2 heterocycles. The zero-order valence-corrected chi connectivity index (χ0v) is 20.2. The van der Waals surface area contributed by atoms with Gasteiger partial charge in [0, 0.05) is 63.4 Å². The molecular weight excluding hydrogens is 478 g/mol. The quantitative estimate of drug-likeness (QED) is 0.0992. The Bertz CT molecular complexity index is 965. The van der Waals surface area contributed by atoms with E-state index in [1.54, 1.807) is 34.1 Å². The lowest BCUT2D eigenvalue weighted by Gasteiger charge is -2.30. The van der Waals surface area contributed by atoms with Crippen molar-refractivity contribution in [3.63, 3.8) is 0 Å². The summed E-state index contributed by atoms with van der Waals surface area (Å²) in [6, 6.07) is 5.49. The number of amides is 4. The average molecular weight is 508 g/mol. The van der Waals surface area contributed by atoms with Crippen LogP contribution >= 0.6 is 12.9 Å². The maximum atomic E-state index is 12.7. The number of amidine groups is 1. The molecule has 2 saturated heterocycles. The highest BCUT2D eigenvalue weighted by atomic mass is 32.1. The largest absolute Gasteiger partial charge is 0.436 e. The van der Waals surface area contributed by atoms with Gasteiger partial charge in [0.1, 0.15) is 6.04 Å². The summed E-state index contributed by atoms with van der Waals surface area (Å²) in [5.74, 6) is -0.797. The molecule has 1 aromatic rings. The lowest BCUT2D eigenvalue weighted by Crippen LogP contribution is -2.47. The molecule has 0 aromatic heterocycles. The molecule has 13 nitrogen and oxygen atoms in total. The number of hydrogen-bond acceptors (Lipinski definition) is 9. The standard InChI is InChI=1S/C21H29N7O6S/c1-26-10-12-27(13-11-26)21(32)33-25-18(22)14-2-4-15(5-3-14)28-9-7-16(19(28)30)24-20(31)23-8-6-17(29)34-35/h2-5,16,35H,6-13H2,1H3,(H2,22,25)(H2,23,24,31)/t16-/m0/s1. The maximum Gasteiger partial charge on any atom is 0.436 e. The highest BCUT2D eigenvalue weighted by molar-refractivity contribution is 7.75. The minimum absolute atomic E-state index is 0.0322. The van der Waals surface area contributed by atoms with Gasteiger partial charge in [0.2, 0.25) is 5.91 Å². The van der Waals surface area contributed by atoms with Gasteiger partial charge in [-0.25, -0.2) is 9.59 Å². The van der Waals surface area contributed by atoms with Gasteiger partial charge in [0.05, 0.1) is 6.42 Å². The summed E-state index contributed by atoms with van der Waals surface area (Å²) in [5.41, 5.74) is 7.10. The summed E-state index contributed by atoms with van der Waals surface area (Å²) in [5, 5.41) is 8.83. The third kappa shape index (κ3) is 7.23. The first kappa shape index (κ1) is 26.1. The highest BCUT2D eigenvalue weighted by Crippen LogP contribution is 2.22. The SMILES string of the molecule is CN1CCN(C(=O)O/N=C(\N)c2ccc(N3CC[C@H](NC(=O)NCCC(=O)OS)C3=O)cc2)CC1. The lowest BCUT2D eigenvalue weighted by atomic mass is 10.2. The van der Waals surface area contributed by atoms with Gasteiger partial charge in [0.25, 0.3) is 0 Å². The van der Waals surface area contributed by atoms with E-state index in [1.165, 1.54) is 0 Å². The molecule has 3 rings (SSSR count). The Kier molecular flexibility index (Phi) is 9.14. The highest BCUT2D eigenvalue weighted by Gasteiger charge is 2.33. The number of nitrogens with one attached hydrogen (secondary N) is 2. The van der Waals surface area contributed by atoms with Gasteiger partial charge >= 0.3 is 18.1 Å². The number of oxime groups is 1. The molecule has 1 atom stereocenters. The molecular formula is C21H29N7O6S. The third-order valence-electron chi connectivity index (χ3n) is 5.69. The van der Waals surface area contributed by atoms with E-state index < -0.39 is 24.1 Å². The van der Waals surface area contributed by atoms with Crippen LogP contribution in [0.15, 0.2) is 29.4 Å². The molecule has 0 aliphatic carbocycles. The Morgan fingerprint density at radius 3 is 2.49 bits per heavy atom. The fourth-order valence-electron chi connectivity index (χ4n) is 3.60. The van der Waals surface area contributed by atoms with E-state index in [-0.39, 0.29) is 24.7 Å². The second-order valence-corrected chi connectivity index (χ2v) is 8.30. The first-order valence-electron chi connectivity index (χ1n) is 11.1. The van der Waals surface area contributed by atoms with Crippen LogP contribution in [0.2, 0.25) is 0 Å². The van der Waals surface area contributed by atoms with E-state index in [0.717, 1.165) is 13.1 Å². The molecule has 0 bridgehead atoms. The Morgan fingerprint density at radius 1 is 1.14 bits per heavy atom. The first-order valence-corrected chi connectivity index (χ1v) is 11.4. The molecule has 190 valence electrons. The second-order valence-electron chi connectivity index (χ2n) is 8.12. The van der Waals surface area contributed by atoms with Crippen molar-refractivity contribution < 1.29 is 28.2 Å². The summed E-state index contributed by atoms with van der Waals surface area (Å²) in [6.07, 6.45) is -0.154. The van der Waals surface area contributed by atoms with E-state index in [0.29, 0.717) is 37.3 Å². The van der Waals surface area contributed by atoms with Crippen LogP contribution in [-0.2, 0) is 18.6 Å². The predicted octanol–water partition coefficient (Wildman–Crippen LogP) is -0.126. The Balaban J connectivity index is 1.49. The number of piperazine rings is 1. The summed E-state index contributed by atoms with van der Waals surface area (Å²) in [4.78, 5) is 58.1. The number of nitrogens with two attached hydrogens (primary N) is 1. The molecule has 0 radical (unpaired) electrons. The van der Waals surface area contributed by atoms with Crippen molar-refractivity contribution in [1.82, 2.24) is 20.4 Å². The minimum atomic E-state index is -0.688. The molecule has 4 amide bonds. The Hall–Kier alpha value is -3.52. The van der Waals surface area contributed by atoms with Crippen LogP contribution in [0.3, 0.4) is 0 Å². The lowest BCUT2D eigenvalue weighted by molar-refractivity contribution is -0.132. The van der Waals surface area contributed by atoms with Gasteiger partial charge in [0.15, 0.2) is 5.84 Å². The zero-order valence-electron chi connectivity index (χ0n) is 19.3. The number of likely N-dealkylation sites (N-methyl/N-ethyl adjacent to an activating group) is 1. The van der Waals surface area contributed by atoms with Gasteiger partial charge in [-0.2, -0.15) is 0 Å².